The van der Waals surface area contributed by atoms with Gasteiger partial charge in [-0.15, -0.1) is 0 Å². The second-order valence-electron chi connectivity index (χ2n) is 10.6. The molecule has 5 heterocycles. The number of hydrogen-bond acceptors (Lipinski definition) is 6. The van der Waals surface area contributed by atoms with Crippen LogP contribution in [-0.4, -0.2) is 35.7 Å². The van der Waals surface area contributed by atoms with Crippen molar-refractivity contribution < 1.29 is 9.59 Å². The number of imide groups is 1. The largest absolute Gasteiger partial charge is 0.274 e. The number of aromatic nitrogens is 4. The van der Waals surface area contributed by atoms with Gasteiger partial charge in [-0.25, -0.2) is 3.93 Å². The molecular formula is C36H22Br3N5O2. The number of amides is 2. The van der Waals surface area contributed by atoms with Crippen molar-refractivity contribution in [2.75, 3.05) is 0 Å². The van der Waals surface area contributed by atoms with E-state index in [4.69, 9.17) is 0 Å². The molecule has 0 atom stereocenters. The van der Waals surface area contributed by atoms with Crippen LogP contribution in [0.15, 0.2) is 119 Å². The van der Waals surface area contributed by atoms with Crippen LogP contribution in [0.5, 0.6) is 0 Å². The Labute approximate surface area is 288 Å². The molecule has 224 valence electrons. The molecule has 4 aromatic carbocycles. The van der Waals surface area contributed by atoms with E-state index in [1.165, 1.54) is 21.5 Å². The van der Waals surface area contributed by atoms with Crippen LogP contribution < -0.4 is 0 Å². The van der Waals surface area contributed by atoms with E-state index in [0.29, 0.717) is 12.8 Å². The number of pyridine rings is 4. The highest BCUT2D eigenvalue weighted by atomic mass is 79.9. The molecular weight excluding hydrogens is 774 g/mol. The fourth-order valence-corrected chi connectivity index (χ4v) is 7.08. The molecule has 9 rings (SSSR count). The van der Waals surface area contributed by atoms with E-state index in [9.17, 15) is 9.59 Å². The Hall–Kier alpha value is -4.38. The summed E-state index contributed by atoms with van der Waals surface area (Å²) in [6.45, 7) is 0. The maximum absolute atomic E-state index is 10.4. The molecule has 2 amide bonds. The first-order valence-electron chi connectivity index (χ1n) is 14.3. The highest BCUT2D eigenvalue weighted by Crippen LogP contribution is 2.37. The average molecular weight is 796 g/mol. The lowest BCUT2D eigenvalue weighted by atomic mass is 10.0. The minimum atomic E-state index is -0.144. The summed E-state index contributed by atoms with van der Waals surface area (Å²) in [7, 11) is 0. The normalized spacial score (nSPS) is 13.0. The first-order valence-corrected chi connectivity index (χ1v) is 16.6. The van der Waals surface area contributed by atoms with Crippen molar-refractivity contribution in [3.8, 4) is 0 Å². The molecule has 0 spiro atoms. The zero-order valence-electron chi connectivity index (χ0n) is 24.0. The molecule has 46 heavy (non-hydrogen) atoms. The smallest absolute Gasteiger partial charge is 0.239 e. The number of rotatable bonds is 0. The van der Waals surface area contributed by atoms with Crippen LogP contribution >= 0.6 is 48.0 Å². The summed E-state index contributed by atoms with van der Waals surface area (Å²) in [4.78, 5) is 38.9. The van der Waals surface area contributed by atoms with Gasteiger partial charge in [0.15, 0.2) is 0 Å². The SMILES string of the molecule is Brc1cc2c(cc(Br)c3cccnc32)c2ncccc12.O=C1CCC(=O)N1Br.c1cnc2c(c1)ccc1c2ccc2cccnc21. The Morgan fingerprint density at radius 3 is 1.26 bits per heavy atom. The predicted octanol–water partition coefficient (Wildman–Crippen LogP) is 9.84. The van der Waals surface area contributed by atoms with Crippen LogP contribution in [0, 0.1) is 0 Å². The van der Waals surface area contributed by atoms with Crippen molar-refractivity contribution in [3.05, 3.63) is 119 Å². The molecule has 0 radical (unpaired) electrons. The van der Waals surface area contributed by atoms with Gasteiger partial charge in [-0.3, -0.25) is 29.5 Å². The third-order valence-electron chi connectivity index (χ3n) is 7.80. The fraction of sp³-hybridized carbons (Fsp3) is 0.0556. The van der Waals surface area contributed by atoms with Crippen molar-refractivity contribution >= 4 is 125 Å². The van der Waals surface area contributed by atoms with Gasteiger partial charge in [0.25, 0.3) is 0 Å². The van der Waals surface area contributed by atoms with E-state index in [1.54, 1.807) is 0 Å². The zero-order valence-corrected chi connectivity index (χ0v) is 28.8. The molecule has 0 bridgehead atoms. The number of carbonyl (C=O) groups excluding carboxylic acids is 2. The second-order valence-corrected chi connectivity index (χ2v) is 13.0. The zero-order chi connectivity index (χ0) is 31.8. The molecule has 1 saturated heterocycles. The van der Waals surface area contributed by atoms with Crippen LogP contribution in [-0.2, 0) is 9.59 Å². The minimum absolute atomic E-state index is 0.144. The van der Waals surface area contributed by atoms with Crippen LogP contribution in [0.4, 0.5) is 0 Å². The molecule has 1 fully saturated rings. The maximum atomic E-state index is 10.4. The summed E-state index contributed by atoms with van der Waals surface area (Å²) in [5.74, 6) is -0.287. The van der Waals surface area contributed by atoms with Gasteiger partial charge in [0.1, 0.15) is 0 Å². The number of fused-ring (bicyclic) bond motifs is 10. The molecule has 0 unspecified atom stereocenters. The fourth-order valence-electron chi connectivity index (χ4n) is 5.62. The second kappa shape index (κ2) is 12.8. The van der Waals surface area contributed by atoms with Crippen molar-refractivity contribution in [2.24, 2.45) is 0 Å². The molecule has 0 N–H and O–H groups in total. The molecule has 10 heteroatoms. The maximum Gasteiger partial charge on any atom is 0.239 e. The predicted molar refractivity (Wildman–Crippen MR) is 195 cm³/mol. The van der Waals surface area contributed by atoms with Crippen LogP contribution in [0.2, 0.25) is 0 Å². The number of hydrogen-bond donors (Lipinski definition) is 0. The van der Waals surface area contributed by atoms with Gasteiger partial charge in [0, 0.05) is 89.7 Å². The van der Waals surface area contributed by atoms with Crippen molar-refractivity contribution in [1.82, 2.24) is 23.9 Å². The average Bonchev–Trinajstić information content (AvgIpc) is 3.40. The Kier molecular flexibility index (Phi) is 8.42. The summed E-state index contributed by atoms with van der Waals surface area (Å²) < 4.78 is 3.07. The van der Waals surface area contributed by atoms with E-state index in [-0.39, 0.29) is 11.8 Å². The minimum Gasteiger partial charge on any atom is -0.274 e. The van der Waals surface area contributed by atoms with Gasteiger partial charge in [-0.05, 0) is 36.4 Å². The Morgan fingerprint density at radius 1 is 0.478 bits per heavy atom. The monoisotopic (exact) mass is 793 g/mol. The van der Waals surface area contributed by atoms with Crippen molar-refractivity contribution in [2.45, 2.75) is 12.8 Å². The lowest BCUT2D eigenvalue weighted by Crippen LogP contribution is -2.16. The van der Waals surface area contributed by atoms with Gasteiger partial charge < -0.3 is 0 Å². The standard InChI is InChI=1S/C16H8Br2N2.C16H10N2.C4H4BrNO2/c17-13-7-12-11(15-9(13)3-1-5-19-15)8-14(18)10-4-2-6-20-16(10)12;1-3-11-5-7-14-13(15(11)17-9-1)8-6-12-4-2-10-18-16(12)14;5-6-3(7)1-2-4(6)8/h1-8H;1-10H;1-2H2. The third kappa shape index (κ3) is 5.61. The molecule has 4 aromatic heterocycles. The van der Waals surface area contributed by atoms with Gasteiger partial charge >= 0.3 is 0 Å². The highest BCUT2D eigenvalue weighted by molar-refractivity contribution is 9.11. The van der Waals surface area contributed by atoms with Gasteiger partial charge in [0.05, 0.1) is 38.2 Å². The number of benzene rings is 4. The number of nitrogens with zero attached hydrogens (tertiary/aromatic N) is 5. The molecule has 0 saturated carbocycles. The Bertz CT molecular complexity index is 2320. The highest BCUT2D eigenvalue weighted by Gasteiger charge is 2.26. The van der Waals surface area contributed by atoms with Crippen LogP contribution in [0.25, 0.3) is 65.2 Å². The lowest BCUT2D eigenvalue weighted by molar-refractivity contribution is -0.131. The summed E-state index contributed by atoms with van der Waals surface area (Å²) >= 11 is 10.1. The van der Waals surface area contributed by atoms with Gasteiger partial charge in [-0.2, -0.15) is 0 Å². The first kappa shape index (κ1) is 30.3. The van der Waals surface area contributed by atoms with Crippen molar-refractivity contribution in [3.63, 3.8) is 0 Å². The molecule has 1 aliphatic heterocycles. The van der Waals surface area contributed by atoms with Crippen LogP contribution in [0.3, 0.4) is 0 Å². The topological polar surface area (TPSA) is 88.9 Å². The van der Waals surface area contributed by atoms with E-state index in [1.807, 2.05) is 49.1 Å². The van der Waals surface area contributed by atoms with E-state index >= 15 is 0 Å². The van der Waals surface area contributed by atoms with E-state index in [0.717, 1.165) is 56.5 Å². The van der Waals surface area contributed by atoms with Crippen molar-refractivity contribution in [1.29, 1.82) is 0 Å². The molecule has 8 aromatic rings. The van der Waals surface area contributed by atoms with E-state index in [2.05, 4.69) is 129 Å². The van der Waals surface area contributed by atoms with E-state index < -0.39 is 0 Å². The summed E-state index contributed by atoms with van der Waals surface area (Å²) in [5.41, 5.74) is 4.07. The molecule has 0 aliphatic carbocycles. The summed E-state index contributed by atoms with van der Waals surface area (Å²) in [5, 5.41) is 9.12. The molecule has 1 aliphatic rings. The summed E-state index contributed by atoms with van der Waals surface area (Å²) in [6, 6.07) is 28.9. The Balaban J connectivity index is 0.000000120. The Morgan fingerprint density at radius 2 is 0.870 bits per heavy atom. The number of carbonyl (C=O) groups is 2. The quantitative estimate of drug-likeness (QED) is 0.0863. The van der Waals surface area contributed by atoms with Crippen LogP contribution in [0.1, 0.15) is 12.8 Å². The first-order chi connectivity index (χ1) is 22.4. The molecule has 7 nitrogen and oxygen atoms in total. The van der Waals surface area contributed by atoms with Gasteiger partial charge in [0.2, 0.25) is 11.8 Å². The summed E-state index contributed by atoms with van der Waals surface area (Å²) in [6.07, 6.45) is 8.03. The third-order valence-corrected chi connectivity index (χ3v) is 9.90. The number of halogens is 3. The lowest BCUT2D eigenvalue weighted by Gasteiger charge is -2.09. The van der Waals surface area contributed by atoms with Gasteiger partial charge in [-0.1, -0.05) is 80.4 Å².